The Labute approximate surface area is 267 Å². The number of hydrogen-bond donors (Lipinski definition) is 2. The summed E-state index contributed by atoms with van der Waals surface area (Å²) in [6.07, 6.45) is 3.25. The zero-order valence-corrected chi connectivity index (χ0v) is 27.2. The van der Waals surface area contributed by atoms with Crippen LogP contribution in [-0.2, 0) is 11.4 Å². The molecule has 2 N–H and O–H groups in total. The number of aliphatic imine (C=N–C) groups is 1. The second kappa shape index (κ2) is 14.4. The highest BCUT2D eigenvalue weighted by Gasteiger charge is 2.41. The maximum atomic E-state index is 13.6. The molecule has 2 amide bonds. The molecule has 1 saturated heterocycles. The number of Topliss-reactive ketones (excluding diaryl/α,β-unsaturated/α-hetero) is 1. The number of rotatable bonds is 9. The van der Waals surface area contributed by atoms with Crippen molar-refractivity contribution in [3.8, 4) is 17.6 Å². The summed E-state index contributed by atoms with van der Waals surface area (Å²) >= 11 is 3.71. The van der Waals surface area contributed by atoms with E-state index in [1.165, 1.54) is 0 Å². The lowest BCUT2D eigenvalue weighted by atomic mass is 9.70. The number of carbonyl (C=O) groups excluding carboxylic acids is 2. The number of halogens is 1. The first-order chi connectivity index (χ1) is 21.3. The van der Waals surface area contributed by atoms with Gasteiger partial charge < -0.3 is 25.0 Å². The Kier molecular flexibility index (Phi) is 10.4. The Hall–Kier alpha value is -3.68. The van der Waals surface area contributed by atoms with Gasteiger partial charge in [-0.1, -0.05) is 31.5 Å². The van der Waals surface area contributed by atoms with Gasteiger partial charge in [0.15, 0.2) is 17.3 Å². The number of benzene rings is 2. The average Bonchev–Trinajstić information content (AvgIpc) is 3.01. The number of nitriles is 1. The van der Waals surface area contributed by atoms with E-state index in [1.54, 1.807) is 4.90 Å². The number of anilines is 1. The van der Waals surface area contributed by atoms with Crippen LogP contribution in [0.2, 0.25) is 0 Å². The minimum atomic E-state index is -0.556. The summed E-state index contributed by atoms with van der Waals surface area (Å²) in [6.45, 7) is 9.38. The maximum absolute atomic E-state index is 13.6. The molecule has 0 spiro atoms. The highest BCUT2D eigenvalue weighted by atomic mass is 79.9. The summed E-state index contributed by atoms with van der Waals surface area (Å²) in [5.41, 5.74) is 4.53. The second-order valence-electron chi connectivity index (χ2n) is 11.6. The Balaban J connectivity index is 1.43. The van der Waals surface area contributed by atoms with E-state index in [0.29, 0.717) is 53.3 Å². The number of amides is 2. The molecule has 2 heterocycles. The van der Waals surface area contributed by atoms with Gasteiger partial charge in [0.25, 0.3) is 0 Å². The van der Waals surface area contributed by atoms with Crippen LogP contribution in [-0.4, -0.2) is 55.2 Å². The van der Waals surface area contributed by atoms with Crippen molar-refractivity contribution in [2.45, 2.75) is 59.0 Å². The van der Waals surface area contributed by atoms with Crippen molar-refractivity contribution in [1.82, 2.24) is 10.2 Å². The standard InChI is InChI=1S/C34H40BrN5O4/c1-4-8-22-15-28-32(29(41)16-22)31(25(19-36)21(3)38-28)24-17-26(35)33(30(18-24)43-5-2)44-20-23-9-6-7-10-27(23)39-34(42)40-13-11-37-12-14-40/h6-7,9-10,17-18,22,25,31,37H,4-5,8,11-16,20H2,1-3H3,(H,39,42). The first kappa shape index (κ1) is 31.7. The van der Waals surface area contributed by atoms with Gasteiger partial charge in [0, 0.05) is 66.8 Å². The molecule has 232 valence electrons. The molecule has 0 radical (unpaired) electrons. The van der Waals surface area contributed by atoms with Crippen LogP contribution in [0.3, 0.4) is 0 Å². The predicted octanol–water partition coefficient (Wildman–Crippen LogP) is 6.60. The number of urea groups is 1. The van der Waals surface area contributed by atoms with E-state index in [2.05, 4.69) is 39.6 Å². The normalized spacial score (nSPS) is 21.7. The molecule has 9 nitrogen and oxygen atoms in total. The third-order valence-electron chi connectivity index (χ3n) is 8.54. The summed E-state index contributed by atoms with van der Waals surface area (Å²) in [6, 6.07) is 13.7. The molecule has 2 aliphatic heterocycles. The van der Waals surface area contributed by atoms with E-state index < -0.39 is 11.8 Å². The summed E-state index contributed by atoms with van der Waals surface area (Å²) in [5, 5.41) is 16.5. The number of nitrogens with zero attached hydrogens (tertiary/aromatic N) is 3. The molecule has 2 aromatic carbocycles. The van der Waals surface area contributed by atoms with Crippen LogP contribution in [0.4, 0.5) is 10.5 Å². The number of hydrogen-bond acceptors (Lipinski definition) is 7. The quantitative estimate of drug-likeness (QED) is 0.313. The molecule has 0 saturated carbocycles. The lowest BCUT2D eigenvalue weighted by molar-refractivity contribution is -0.117. The van der Waals surface area contributed by atoms with Gasteiger partial charge in [-0.15, -0.1) is 0 Å². The highest BCUT2D eigenvalue weighted by Crippen LogP contribution is 2.48. The fourth-order valence-electron chi connectivity index (χ4n) is 6.43. The van der Waals surface area contributed by atoms with Crippen LogP contribution < -0.4 is 20.1 Å². The lowest BCUT2D eigenvalue weighted by Crippen LogP contribution is -2.48. The van der Waals surface area contributed by atoms with Gasteiger partial charge in [-0.05, 0) is 72.3 Å². The van der Waals surface area contributed by atoms with Gasteiger partial charge in [-0.2, -0.15) is 5.26 Å². The number of piperazine rings is 1. The molecule has 1 fully saturated rings. The molecule has 5 rings (SSSR count). The van der Waals surface area contributed by atoms with Gasteiger partial charge in [0.1, 0.15) is 6.61 Å². The monoisotopic (exact) mass is 661 g/mol. The Bertz CT molecular complexity index is 1510. The zero-order chi connectivity index (χ0) is 31.2. The highest BCUT2D eigenvalue weighted by molar-refractivity contribution is 9.10. The summed E-state index contributed by atoms with van der Waals surface area (Å²) < 4.78 is 13.1. The second-order valence-corrected chi connectivity index (χ2v) is 12.4. The smallest absolute Gasteiger partial charge is 0.321 e. The fraction of sp³-hybridized carbons (Fsp3) is 0.471. The van der Waals surface area contributed by atoms with Gasteiger partial charge in [-0.25, -0.2) is 4.79 Å². The third-order valence-corrected chi connectivity index (χ3v) is 9.12. The molecule has 1 aliphatic carbocycles. The molecule has 0 aromatic heterocycles. The van der Waals surface area contributed by atoms with Crippen LogP contribution in [0.1, 0.15) is 63.5 Å². The van der Waals surface area contributed by atoms with Crippen LogP contribution in [0.25, 0.3) is 0 Å². The first-order valence-electron chi connectivity index (χ1n) is 15.5. The summed E-state index contributed by atoms with van der Waals surface area (Å²) in [5.74, 6) is 0.409. The number of nitrogens with one attached hydrogen (secondary N) is 2. The number of ether oxygens (including phenoxy) is 2. The summed E-state index contributed by atoms with van der Waals surface area (Å²) in [7, 11) is 0. The van der Waals surface area contributed by atoms with Crippen LogP contribution in [0, 0.1) is 23.2 Å². The molecule has 2 aromatic rings. The minimum absolute atomic E-state index is 0.0834. The molecule has 44 heavy (non-hydrogen) atoms. The van der Waals surface area contributed by atoms with Crippen molar-refractivity contribution in [3.63, 3.8) is 0 Å². The van der Waals surface area contributed by atoms with Crippen molar-refractivity contribution in [1.29, 1.82) is 5.26 Å². The average molecular weight is 663 g/mol. The van der Waals surface area contributed by atoms with Gasteiger partial charge >= 0.3 is 6.03 Å². The SMILES string of the molecule is CCCC1CC(=O)C2=C(C1)N=C(C)C(C#N)C2c1cc(Br)c(OCc2ccccc2NC(=O)N2CCNCC2)c(OCC)c1. The number of carbonyl (C=O) groups is 2. The van der Waals surface area contributed by atoms with Crippen molar-refractivity contribution in [2.75, 3.05) is 38.1 Å². The molecule has 0 bridgehead atoms. The van der Waals surface area contributed by atoms with E-state index in [-0.39, 0.29) is 24.3 Å². The topological polar surface area (TPSA) is 116 Å². The van der Waals surface area contributed by atoms with Gasteiger partial charge in [0.2, 0.25) is 0 Å². The molecular formula is C34H40BrN5O4. The third kappa shape index (κ3) is 6.84. The Morgan fingerprint density at radius 2 is 1.95 bits per heavy atom. The first-order valence-corrected chi connectivity index (χ1v) is 16.3. The van der Waals surface area contributed by atoms with Crippen LogP contribution in [0.5, 0.6) is 11.5 Å². The van der Waals surface area contributed by atoms with E-state index in [0.717, 1.165) is 54.9 Å². The number of para-hydroxylation sites is 1. The van der Waals surface area contributed by atoms with E-state index >= 15 is 0 Å². The minimum Gasteiger partial charge on any atom is -0.490 e. The molecule has 3 aliphatic rings. The lowest BCUT2D eigenvalue weighted by Gasteiger charge is -2.35. The largest absolute Gasteiger partial charge is 0.490 e. The molecule has 10 heteroatoms. The predicted molar refractivity (Wildman–Crippen MR) is 174 cm³/mol. The van der Waals surface area contributed by atoms with Gasteiger partial charge in [0.05, 0.1) is 23.1 Å². The Morgan fingerprint density at radius 1 is 1.18 bits per heavy atom. The number of allylic oxidation sites excluding steroid dienone is 2. The van der Waals surface area contributed by atoms with E-state index in [9.17, 15) is 14.9 Å². The van der Waals surface area contributed by atoms with Crippen LogP contribution in [0.15, 0.2) is 57.1 Å². The summed E-state index contributed by atoms with van der Waals surface area (Å²) in [4.78, 5) is 33.0. The molecule has 3 unspecified atom stereocenters. The number of ketones is 1. The zero-order valence-electron chi connectivity index (χ0n) is 25.6. The van der Waals surface area contributed by atoms with E-state index in [1.807, 2.05) is 50.2 Å². The van der Waals surface area contributed by atoms with Crippen LogP contribution >= 0.6 is 15.9 Å². The maximum Gasteiger partial charge on any atom is 0.321 e. The van der Waals surface area contributed by atoms with Gasteiger partial charge in [-0.3, -0.25) is 9.79 Å². The Morgan fingerprint density at radius 3 is 2.68 bits per heavy atom. The fourth-order valence-corrected chi connectivity index (χ4v) is 7.00. The van der Waals surface area contributed by atoms with Crippen molar-refractivity contribution >= 4 is 39.1 Å². The molecular weight excluding hydrogens is 622 g/mol. The molecule has 3 atom stereocenters. The van der Waals surface area contributed by atoms with Crippen molar-refractivity contribution in [3.05, 3.63) is 63.3 Å². The van der Waals surface area contributed by atoms with Crippen molar-refractivity contribution in [2.24, 2.45) is 16.8 Å². The van der Waals surface area contributed by atoms with E-state index in [4.69, 9.17) is 14.5 Å². The van der Waals surface area contributed by atoms with Crippen molar-refractivity contribution < 1.29 is 19.1 Å².